The minimum atomic E-state index is -0.823. The Hall–Kier alpha value is -1.30. The summed E-state index contributed by atoms with van der Waals surface area (Å²) >= 11 is 0. The number of carbonyl (C=O) groups excluding carboxylic acids is 2. The van der Waals surface area contributed by atoms with Crippen molar-refractivity contribution in [2.75, 3.05) is 13.2 Å². The monoisotopic (exact) mass is 243 g/mol. The van der Waals surface area contributed by atoms with Crippen molar-refractivity contribution >= 4 is 12.0 Å². The molecule has 0 spiro atoms. The van der Waals surface area contributed by atoms with Crippen LogP contribution in [0.4, 0.5) is 4.79 Å². The fraction of sp³-hybridized carbons (Fsp3) is 0.818. The molecule has 2 amide bonds. The Morgan fingerprint density at radius 1 is 1.41 bits per heavy atom. The first-order valence-corrected chi connectivity index (χ1v) is 5.96. The van der Waals surface area contributed by atoms with E-state index in [-0.39, 0.29) is 24.5 Å². The number of nitrogens with two attached hydrogens (primary N) is 2. The van der Waals surface area contributed by atoms with Gasteiger partial charge in [-0.2, -0.15) is 0 Å². The van der Waals surface area contributed by atoms with E-state index >= 15 is 0 Å². The summed E-state index contributed by atoms with van der Waals surface area (Å²) in [5, 5.41) is 2.74. The highest BCUT2D eigenvalue weighted by Crippen LogP contribution is 2.28. The highest BCUT2D eigenvalue weighted by Gasteiger charge is 2.30. The Balaban J connectivity index is 2.25. The molecule has 5 N–H and O–H groups in total. The second kappa shape index (κ2) is 6.44. The third-order valence-corrected chi connectivity index (χ3v) is 3.19. The van der Waals surface area contributed by atoms with Gasteiger partial charge in [-0.25, -0.2) is 4.79 Å². The van der Waals surface area contributed by atoms with E-state index in [1.54, 1.807) is 0 Å². The lowest BCUT2D eigenvalue weighted by Crippen LogP contribution is -2.41. The quantitative estimate of drug-likeness (QED) is 0.602. The molecule has 0 aromatic rings. The Morgan fingerprint density at radius 3 is 2.71 bits per heavy atom. The van der Waals surface area contributed by atoms with E-state index in [0.29, 0.717) is 12.5 Å². The minimum Gasteiger partial charge on any atom is -0.448 e. The first-order valence-electron chi connectivity index (χ1n) is 5.96. The molecule has 1 aliphatic rings. The zero-order valence-electron chi connectivity index (χ0n) is 10.1. The van der Waals surface area contributed by atoms with Gasteiger partial charge in [-0.05, 0) is 25.2 Å². The highest BCUT2D eigenvalue weighted by atomic mass is 16.5. The largest absolute Gasteiger partial charge is 0.448 e. The number of ether oxygens (including phenoxy) is 1. The van der Waals surface area contributed by atoms with Gasteiger partial charge in [-0.3, -0.25) is 4.79 Å². The number of amides is 2. The van der Waals surface area contributed by atoms with Crippen LogP contribution >= 0.6 is 0 Å². The fourth-order valence-corrected chi connectivity index (χ4v) is 2.28. The normalized spacial score (nSPS) is 28.5. The average Bonchev–Trinajstić information content (AvgIpc) is 2.23. The number of carbonyl (C=O) groups is 2. The molecule has 0 saturated heterocycles. The number of nitrogens with one attached hydrogen (secondary N) is 1. The molecule has 0 radical (unpaired) electrons. The molecule has 17 heavy (non-hydrogen) atoms. The van der Waals surface area contributed by atoms with Crippen LogP contribution in [0.5, 0.6) is 0 Å². The van der Waals surface area contributed by atoms with E-state index in [1.165, 1.54) is 0 Å². The lowest BCUT2D eigenvalue weighted by Gasteiger charge is -2.31. The van der Waals surface area contributed by atoms with E-state index < -0.39 is 6.09 Å². The van der Waals surface area contributed by atoms with Crippen LogP contribution in [0.15, 0.2) is 0 Å². The standard InChI is InChI=1S/C11H21N3O3/c1-7-6-8(12)2-3-9(7)10(15)14-4-5-17-11(13)16/h7-9H,2-6,12H2,1H3,(H2,13,16)(H,14,15). The maximum absolute atomic E-state index is 11.8. The van der Waals surface area contributed by atoms with Crippen molar-refractivity contribution in [2.24, 2.45) is 23.3 Å². The summed E-state index contributed by atoms with van der Waals surface area (Å²) < 4.78 is 4.53. The summed E-state index contributed by atoms with van der Waals surface area (Å²) in [5.74, 6) is 0.330. The molecule has 1 aliphatic carbocycles. The second-order valence-corrected chi connectivity index (χ2v) is 4.62. The van der Waals surface area contributed by atoms with Crippen LogP contribution in [0, 0.1) is 11.8 Å². The van der Waals surface area contributed by atoms with Crippen LogP contribution in [0.3, 0.4) is 0 Å². The smallest absolute Gasteiger partial charge is 0.404 e. The summed E-state index contributed by atoms with van der Waals surface area (Å²) in [5.41, 5.74) is 10.6. The molecule has 6 heteroatoms. The maximum atomic E-state index is 11.8. The van der Waals surface area contributed by atoms with Gasteiger partial charge in [0, 0.05) is 12.0 Å². The SMILES string of the molecule is CC1CC(N)CCC1C(=O)NCCOC(N)=O. The van der Waals surface area contributed by atoms with Gasteiger partial charge in [0.25, 0.3) is 0 Å². The van der Waals surface area contributed by atoms with Crippen molar-refractivity contribution in [3.8, 4) is 0 Å². The zero-order chi connectivity index (χ0) is 12.8. The Kier molecular flexibility index (Phi) is 5.21. The van der Waals surface area contributed by atoms with E-state index in [2.05, 4.69) is 10.1 Å². The van der Waals surface area contributed by atoms with Crippen LogP contribution < -0.4 is 16.8 Å². The lowest BCUT2D eigenvalue weighted by atomic mass is 9.78. The summed E-state index contributed by atoms with van der Waals surface area (Å²) in [4.78, 5) is 22.1. The third-order valence-electron chi connectivity index (χ3n) is 3.19. The third kappa shape index (κ3) is 4.60. The Labute approximate surface area is 101 Å². The van der Waals surface area contributed by atoms with Gasteiger partial charge in [0.05, 0.1) is 6.54 Å². The fourth-order valence-electron chi connectivity index (χ4n) is 2.28. The van der Waals surface area contributed by atoms with Gasteiger partial charge < -0.3 is 21.5 Å². The molecule has 0 bridgehead atoms. The van der Waals surface area contributed by atoms with Crippen molar-refractivity contribution in [3.05, 3.63) is 0 Å². The Morgan fingerprint density at radius 2 is 2.12 bits per heavy atom. The number of hydrogen-bond acceptors (Lipinski definition) is 4. The van der Waals surface area contributed by atoms with Crippen molar-refractivity contribution < 1.29 is 14.3 Å². The first-order chi connectivity index (χ1) is 8.00. The lowest BCUT2D eigenvalue weighted by molar-refractivity contribution is -0.127. The van der Waals surface area contributed by atoms with E-state index in [4.69, 9.17) is 11.5 Å². The van der Waals surface area contributed by atoms with Crippen LogP contribution in [0.1, 0.15) is 26.2 Å². The molecule has 3 atom stereocenters. The molecule has 1 rings (SSSR count). The van der Waals surface area contributed by atoms with Crippen LogP contribution in [0.2, 0.25) is 0 Å². The summed E-state index contributed by atoms with van der Waals surface area (Å²) in [7, 11) is 0. The molecule has 1 fully saturated rings. The second-order valence-electron chi connectivity index (χ2n) is 4.62. The van der Waals surface area contributed by atoms with Crippen molar-refractivity contribution in [3.63, 3.8) is 0 Å². The highest BCUT2D eigenvalue weighted by molar-refractivity contribution is 5.79. The average molecular weight is 243 g/mol. The predicted molar refractivity (Wildman–Crippen MR) is 63.0 cm³/mol. The molecule has 1 saturated carbocycles. The topological polar surface area (TPSA) is 107 Å². The minimum absolute atomic E-state index is 0.0115. The summed E-state index contributed by atoms with van der Waals surface area (Å²) in [6.07, 6.45) is 1.78. The molecule has 6 nitrogen and oxygen atoms in total. The predicted octanol–water partition coefficient (Wildman–Crippen LogP) is -0.0386. The first kappa shape index (κ1) is 13.8. The van der Waals surface area contributed by atoms with E-state index in [0.717, 1.165) is 19.3 Å². The summed E-state index contributed by atoms with van der Waals surface area (Å²) in [6.45, 7) is 2.46. The zero-order valence-corrected chi connectivity index (χ0v) is 10.1. The Bertz CT molecular complexity index is 283. The van der Waals surface area contributed by atoms with Gasteiger partial charge in [0.2, 0.25) is 5.91 Å². The molecule has 98 valence electrons. The molecular weight excluding hydrogens is 222 g/mol. The van der Waals surface area contributed by atoms with E-state index in [1.807, 2.05) is 6.92 Å². The number of rotatable bonds is 4. The summed E-state index contributed by atoms with van der Waals surface area (Å²) in [6, 6.07) is 0.215. The van der Waals surface area contributed by atoms with Gasteiger partial charge in [0.1, 0.15) is 6.61 Å². The van der Waals surface area contributed by atoms with E-state index in [9.17, 15) is 9.59 Å². The van der Waals surface area contributed by atoms with Gasteiger partial charge in [0.15, 0.2) is 0 Å². The number of hydrogen-bond donors (Lipinski definition) is 3. The molecule has 0 aliphatic heterocycles. The molecule has 3 unspecified atom stereocenters. The maximum Gasteiger partial charge on any atom is 0.404 e. The van der Waals surface area contributed by atoms with Gasteiger partial charge >= 0.3 is 6.09 Å². The van der Waals surface area contributed by atoms with Crippen LogP contribution in [0.25, 0.3) is 0 Å². The van der Waals surface area contributed by atoms with Crippen molar-refractivity contribution in [1.29, 1.82) is 0 Å². The van der Waals surface area contributed by atoms with Crippen molar-refractivity contribution in [1.82, 2.24) is 5.32 Å². The molecule has 0 aromatic carbocycles. The molecular formula is C11H21N3O3. The van der Waals surface area contributed by atoms with Crippen molar-refractivity contribution in [2.45, 2.75) is 32.2 Å². The van der Waals surface area contributed by atoms with Crippen LogP contribution in [-0.2, 0) is 9.53 Å². The molecule has 0 aromatic heterocycles. The van der Waals surface area contributed by atoms with Gasteiger partial charge in [-0.15, -0.1) is 0 Å². The van der Waals surface area contributed by atoms with Crippen LogP contribution in [-0.4, -0.2) is 31.2 Å². The van der Waals surface area contributed by atoms with Gasteiger partial charge in [-0.1, -0.05) is 6.92 Å². The molecule has 0 heterocycles. The number of primary amides is 1.